The Hall–Kier alpha value is -1.48. The summed E-state index contributed by atoms with van der Waals surface area (Å²) >= 11 is 6.43. The molecule has 5 N–H and O–H groups in total. The Morgan fingerprint density at radius 2 is 1.72 bits per heavy atom. The van der Waals surface area contributed by atoms with E-state index in [4.69, 9.17) is 21.1 Å². The Bertz CT molecular complexity index is 1010. The maximum absolute atomic E-state index is 11.6. The van der Waals surface area contributed by atoms with Crippen LogP contribution in [0.4, 0.5) is 0 Å². The monoisotopic (exact) mass is 541 g/mol. The van der Waals surface area contributed by atoms with Gasteiger partial charge in [0.1, 0.15) is 43.6 Å². The van der Waals surface area contributed by atoms with Gasteiger partial charge in [0.25, 0.3) is 0 Å². The fourth-order valence-corrected chi connectivity index (χ4v) is 5.03. The van der Waals surface area contributed by atoms with Crippen LogP contribution in [0.25, 0.3) is 0 Å². The number of nitrogens with one attached hydrogen (secondary N) is 1. The lowest BCUT2D eigenvalue weighted by Crippen LogP contribution is -2.55. The van der Waals surface area contributed by atoms with Gasteiger partial charge >= 0.3 is 0 Å². The Labute approximate surface area is 217 Å². The number of unbranched alkanes of at least 4 members (excludes halogenated alkanes) is 2. The molecule has 1 aliphatic heterocycles. The quantitative estimate of drug-likeness (QED) is 0.205. The number of aliphatic hydroxyl groups is 4. The summed E-state index contributed by atoms with van der Waals surface area (Å²) in [7, 11) is -2.16. The molecular formula is C26H37ClNO7P. The summed E-state index contributed by atoms with van der Waals surface area (Å²) in [6.07, 6.45) is -2.65. The summed E-state index contributed by atoms with van der Waals surface area (Å²) in [4.78, 5) is 0. The minimum Gasteiger partial charge on any atom is -0.494 e. The topological polar surface area (TPSA) is 128 Å². The fraction of sp³-hybridized carbons (Fsp3) is 0.538. The van der Waals surface area contributed by atoms with Gasteiger partial charge in [0.05, 0.1) is 13.2 Å². The second kappa shape index (κ2) is 13.4. The zero-order valence-electron chi connectivity index (χ0n) is 20.7. The van der Waals surface area contributed by atoms with E-state index in [0.29, 0.717) is 23.6 Å². The van der Waals surface area contributed by atoms with E-state index in [1.807, 2.05) is 30.3 Å². The van der Waals surface area contributed by atoms with E-state index in [0.717, 1.165) is 42.7 Å². The number of hydrogen-bond donors (Lipinski definition) is 5. The molecule has 0 bridgehead atoms. The molecule has 0 saturated carbocycles. The molecule has 0 unspecified atom stereocenters. The van der Waals surface area contributed by atoms with Gasteiger partial charge in [-0.25, -0.2) is 0 Å². The first-order valence-electron chi connectivity index (χ1n) is 12.2. The van der Waals surface area contributed by atoms with E-state index in [-0.39, 0.29) is 0 Å². The molecule has 200 valence electrons. The first-order valence-corrected chi connectivity index (χ1v) is 15.2. The summed E-state index contributed by atoms with van der Waals surface area (Å²) in [5.74, 6) is 0.782. The van der Waals surface area contributed by atoms with Gasteiger partial charge in [0.2, 0.25) is 0 Å². The number of ether oxygens (including phenoxy) is 2. The second-order valence-corrected chi connectivity index (χ2v) is 13.0. The third kappa shape index (κ3) is 8.27. The van der Waals surface area contributed by atoms with Crippen LogP contribution in [0, 0.1) is 0 Å². The van der Waals surface area contributed by atoms with Gasteiger partial charge in [-0.3, -0.25) is 5.09 Å². The smallest absolute Gasteiger partial charge is 0.141 e. The van der Waals surface area contributed by atoms with E-state index in [1.165, 1.54) is 0 Å². The van der Waals surface area contributed by atoms with Gasteiger partial charge in [-0.2, -0.15) is 0 Å². The van der Waals surface area contributed by atoms with E-state index in [2.05, 4.69) is 5.09 Å². The number of halogens is 1. The first kappa shape index (κ1) is 29.1. The molecule has 8 nitrogen and oxygen atoms in total. The van der Waals surface area contributed by atoms with E-state index in [9.17, 15) is 25.0 Å². The van der Waals surface area contributed by atoms with Crippen LogP contribution < -0.4 is 9.82 Å². The Balaban J connectivity index is 1.54. The highest BCUT2D eigenvalue weighted by molar-refractivity contribution is 7.60. The van der Waals surface area contributed by atoms with Gasteiger partial charge < -0.3 is 34.5 Å². The first-order chi connectivity index (χ1) is 17.1. The van der Waals surface area contributed by atoms with Gasteiger partial charge in [-0.1, -0.05) is 35.9 Å². The van der Waals surface area contributed by atoms with Gasteiger partial charge in [-0.05, 0) is 60.6 Å². The van der Waals surface area contributed by atoms with E-state index >= 15 is 0 Å². The zero-order chi connectivity index (χ0) is 26.3. The van der Waals surface area contributed by atoms with Crippen molar-refractivity contribution >= 4 is 18.9 Å². The van der Waals surface area contributed by atoms with Gasteiger partial charge in [0.15, 0.2) is 0 Å². The summed E-state index contributed by atoms with van der Waals surface area (Å²) < 4.78 is 23.1. The Morgan fingerprint density at radius 1 is 1.00 bits per heavy atom. The second-order valence-electron chi connectivity index (χ2n) is 9.59. The molecule has 1 aliphatic rings. The zero-order valence-corrected chi connectivity index (χ0v) is 22.4. The minimum absolute atomic E-state index is 0.478. The molecule has 2 aromatic carbocycles. The molecule has 1 saturated heterocycles. The fourth-order valence-electron chi connectivity index (χ4n) is 4.15. The lowest BCUT2D eigenvalue weighted by Gasteiger charge is -2.40. The highest BCUT2D eigenvalue weighted by atomic mass is 35.5. The third-order valence-corrected chi connectivity index (χ3v) is 7.54. The number of aliphatic hydroxyl groups excluding tert-OH is 4. The Morgan fingerprint density at radius 3 is 2.39 bits per heavy atom. The van der Waals surface area contributed by atoms with Crippen molar-refractivity contribution in [3.63, 3.8) is 0 Å². The lowest BCUT2D eigenvalue weighted by atomic mass is 9.90. The average molecular weight is 542 g/mol. The number of benzene rings is 2. The summed E-state index contributed by atoms with van der Waals surface area (Å²) in [5.41, 5.74) is 2.43. The molecule has 0 aromatic heterocycles. The molecule has 2 aromatic rings. The van der Waals surface area contributed by atoms with Crippen LogP contribution in [0.3, 0.4) is 0 Å². The normalized spacial score (nSPS) is 24.6. The molecule has 1 heterocycles. The maximum atomic E-state index is 11.6. The lowest BCUT2D eigenvalue weighted by molar-refractivity contribution is -0.231. The van der Waals surface area contributed by atoms with Crippen molar-refractivity contribution in [3.05, 3.63) is 64.2 Å². The predicted octanol–water partition coefficient (Wildman–Crippen LogP) is 3.12. The maximum Gasteiger partial charge on any atom is 0.141 e. The average Bonchev–Trinajstić information content (AvgIpc) is 2.84. The number of hydrogen-bond acceptors (Lipinski definition) is 7. The molecular weight excluding hydrogens is 505 g/mol. The third-order valence-electron chi connectivity index (χ3n) is 6.19. The number of rotatable bonds is 12. The molecule has 0 spiro atoms. The molecule has 3 rings (SSSR count). The van der Waals surface area contributed by atoms with Crippen LogP contribution >= 0.6 is 18.9 Å². The Kier molecular flexibility index (Phi) is 10.8. The van der Waals surface area contributed by atoms with Crippen molar-refractivity contribution in [2.75, 3.05) is 33.1 Å². The molecule has 5 atom stereocenters. The SMILES string of the molecule is CP(C)(=O)NCCCCCOc1ccc(Cc2cc([C@@H]3O[C@H](CO)[C@@H](O)[C@H](O)[C@H]3O)ccc2Cl)cc1. The van der Waals surface area contributed by atoms with Crippen LogP contribution in [0.15, 0.2) is 42.5 Å². The van der Waals surface area contributed by atoms with Crippen molar-refractivity contribution in [2.45, 2.75) is 56.2 Å². The summed E-state index contributed by atoms with van der Waals surface area (Å²) in [6.45, 7) is 4.34. The van der Waals surface area contributed by atoms with Crippen molar-refractivity contribution in [1.29, 1.82) is 0 Å². The molecule has 0 radical (unpaired) electrons. The summed E-state index contributed by atoms with van der Waals surface area (Å²) in [6, 6.07) is 13.0. The van der Waals surface area contributed by atoms with E-state index < -0.39 is 44.4 Å². The highest BCUT2D eigenvalue weighted by Crippen LogP contribution is 2.34. The van der Waals surface area contributed by atoms with E-state index in [1.54, 1.807) is 25.5 Å². The van der Waals surface area contributed by atoms with Crippen molar-refractivity contribution < 1.29 is 34.5 Å². The molecule has 1 fully saturated rings. The van der Waals surface area contributed by atoms with Crippen molar-refractivity contribution in [3.8, 4) is 5.75 Å². The van der Waals surface area contributed by atoms with Crippen LogP contribution in [-0.4, -0.2) is 77.9 Å². The summed E-state index contributed by atoms with van der Waals surface area (Å²) in [5, 5.41) is 43.6. The minimum atomic E-state index is -2.16. The molecule has 0 aliphatic carbocycles. The largest absolute Gasteiger partial charge is 0.494 e. The molecule has 36 heavy (non-hydrogen) atoms. The van der Waals surface area contributed by atoms with Crippen molar-refractivity contribution in [1.82, 2.24) is 5.09 Å². The van der Waals surface area contributed by atoms with Crippen molar-refractivity contribution in [2.24, 2.45) is 0 Å². The predicted molar refractivity (Wildman–Crippen MR) is 140 cm³/mol. The standard InChI is InChI=1S/C26H37ClNO7P/c1-36(2,33)28-12-4-3-5-13-34-20-9-6-17(7-10-20)14-19-15-18(8-11-21(19)27)26-25(32)24(31)23(30)22(16-29)35-26/h6-11,15,22-26,29-32H,3-5,12-14,16H2,1-2H3,(H,28,33)/t22-,23-,24+,25-,26+/m1/s1. The highest BCUT2D eigenvalue weighted by Gasteiger charge is 2.44. The van der Waals surface area contributed by atoms with Crippen LogP contribution in [0.1, 0.15) is 42.1 Å². The van der Waals surface area contributed by atoms with Gasteiger partial charge in [-0.15, -0.1) is 0 Å². The van der Waals surface area contributed by atoms with Crippen LogP contribution in [0.5, 0.6) is 5.75 Å². The molecule has 0 amide bonds. The van der Waals surface area contributed by atoms with Crippen LogP contribution in [0.2, 0.25) is 5.02 Å². The molecule has 10 heteroatoms. The van der Waals surface area contributed by atoms with Crippen LogP contribution in [-0.2, 0) is 15.7 Å². The van der Waals surface area contributed by atoms with Gasteiger partial charge in [0, 0.05) is 24.9 Å².